The number of fused-ring (bicyclic) bond motifs is 1. The summed E-state index contributed by atoms with van der Waals surface area (Å²) in [6.45, 7) is 4.98. The van der Waals surface area contributed by atoms with Gasteiger partial charge < -0.3 is 5.11 Å². The molecule has 1 N–H and O–H groups in total. The second-order valence-electron chi connectivity index (χ2n) is 5.19. The van der Waals surface area contributed by atoms with E-state index in [1.54, 1.807) is 0 Å². The van der Waals surface area contributed by atoms with Gasteiger partial charge in [-0.15, -0.1) is 0 Å². The highest BCUT2D eigenvalue weighted by molar-refractivity contribution is 5.32. The highest BCUT2D eigenvalue weighted by Crippen LogP contribution is 2.31. The third-order valence-corrected chi connectivity index (χ3v) is 4.01. The predicted molar refractivity (Wildman–Crippen MR) is 75.7 cm³/mol. The van der Waals surface area contributed by atoms with E-state index in [0.29, 0.717) is 12.6 Å². The first-order chi connectivity index (χ1) is 8.86. The largest absolute Gasteiger partial charge is 0.396 e. The summed E-state index contributed by atoms with van der Waals surface area (Å²) in [6.07, 6.45) is 5.68. The maximum atomic E-state index is 8.82. The monoisotopic (exact) mass is 247 g/mol. The van der Waals surface area contributed by atoms with E-state index in [1.165, 1.54) is 43.5 Å². The van der Waals surface area contributed by atoms with Gasteiger partial charge in [0.1, 0.15) is 0 Å². The Morgan fingerprint density at radius 2 is 2.06 bits per heavy atom. The lowest BCUT2D eigenvalue weighted by Gasteiger charge is -2.37. The third kappa shape index (κ3) is 3.12. The zero-order valence-corrected chi connectivity index (χ0v) is 11.4. The van der Waals surface area contributed by atoms with Crippen LogP contribution in [0.15, 0.2) is 24.3 Å². The van der Waals surface area contributed by atoms with E-state index in [-0.39, 0.29) is 0 Å². The van der Waals surface area contributed by atoms with Gasteiger partial charge >= 0.3 is 0 Å². The summed E-state index contributed by atoms with van der Waals surface area (Å²) < 4.78 is 0. The molecule has 2 nitrogen and oxygen atoms in total. The number of nitrogens with zero attached hydrogens (tertiary/aromatic N) is 1. The molecule has 0 amide bonds. The van der Waals surface area contributed by atoms with Crippen LogP contribution in [0.4, 0.5) is 0 Å². The van der Waals surface area contributed by atoms with E-state index in [4.69, 9.17) is 5.11 Å². The van der Waals surface area contributed by atoms with Crippen molar-refractivity contribution in [2.45, 2.75) is 45.1 Å². The van der Waals surface area contributed by atoms with Crippen molar-refractivity contribution in [1.29, 1.82) is 0 Å². The van der Waals surface area contributed by atoms with Crippen molar-refractivity contribution >= 4 is 0 Å². The molecule has 2 heteroatoms. The van der Waals surface area contributed by atoms with E-state index in [9.17, 15) is 0 Å². The van der Waals surface area contributed by atoms with Crippen molar-refractivity contribution in [2.24, 2.45) is 0 Å². The van der Waals surface area contributed by atoms with Crippen LogP contribution in [-0.2, 0) is 6.42 Å². The molecule has 1 aromatic rings. The minimum absolute atomic E-state index is 0.333. The van der Waals surface area contributed by atoms with Crippen LogP contribution >= 0.6 is 0 Å². The Labute approximate surface area is 111 Å². The summed E-state index contributed by atoms with van der Waals surface area (Å²) in [5.41, 5.74) is 3.07. The van der Waals surface area contributed by atoms with Crippen LogP contribution in [0.2, 0.25) is 0 Å². The summed E-state index contributed by atoms with van der Waals surface area (Å²) in [4.78, 5) is 2.62. The van der Waals surface area contributed by atoms with Crippen LogP contribution in [0.5, 0.6) is 0 Å². The molecule has 18 heavy (non-hydrogen) atoms. The predicted octanol–water partition coefficient (Wildman–Crippen LogP) is 3.16. The highest BCUT2D eigenvalue weighted by atomic mass is 16.2. The average molecular weight is 247 g/mol. The molecule has 0 saturated carbocycles. The van der Waals surface area contributed by atoms with E-state index in [2.05, 4.69) is 36.1 Å². The molecule has 1 aromatic carbocycles. The van der Waals surface area contributed by atoms with Crippen LogP contribution in [0.1, 0.15) is 49.8 Å². The smallest absolute Gasteiger partial charge is 0.0431 e. The molecule has 1 unspecified atom stereocenters. The van der Waals surface area contributed by atoms with Crippen molar-refractivity contribution in [2.75, 3.05) is 19.7 Å². The molecule has 0 radical (unpaired) electrons. The lowest BCUT2D eigenvalue weighted by molar-refractivity contribution is 0.174. The summed E-state index contributed by atoms with van der Waals surface area (Å²) in [5.74, 6) is 0. The molecule has 0 spiro atoms. The topological polar surface area (TPSA) is 23.5 Å². The highest BCUT2D eigenvalue weighted by Gasteiger charge is 2.24. The third-order valence-electron chi connectivity index (χ3n) is 4.01. The number of rotatable bonds is 6. The van der Waals surface area contributed by atoms with Crippen molar-refractivity contribution in [3.8, 4) is 0 Å². The fourth-order valence-electron chi connectivity index (χ4n) is 3.05. The molecule has 0 saturated heterocycles. The van der Waals surface area contributed by atoms with E-state index in [0.717, 1.165) is 12.8 Å². The molecule has 1 atom stereocenters. The number of hydrogen-bond donors (Lipinski definition) is 1. The first kappa shape index (κ1) is 13.6. The van der Waals surface area contributed by atoms with E-state index < -0.39 is 0 Å². The van der Waals surface area contributed by atoms with Crippen molar-refractivity contribution in [1.82, 2.24) is 4.90 Å². The Morgan fingerprint density at radius 3 is 2.83 bits per heavy atom. The summed E-state index contributed by atoms with van der Waals surface area (Å²) in [7, 11) is 0. The van der Waals surface area contributed by atoms with Gasteiger partial charge in [-0.2, -0.15) is 0 Å². The van der Waals surface area contributed by atoms with Crippen LogP contribution in [0.25, 0.3) is 0 Å². The summed E-state index contributed by atoms with van der Waals surface area (Å²) in [6, 6.07) is 9.49. The molecule has 0 aromatic heterocycles. The minimum atomic E-state index is 0.333. The first-order valence-electron chi connectivity index (χ1n) is 7.29. The molecule has 100 valence electrons. The van der Waals surface area contributed by atoms with Crippen molar-refractivity contribution in [3.63, 3.8) is 0 Å². The SMILES string of the molecule is CCC1c2ccccc2CCN1CCCCCO. The van der Waals surface area contributed by atoms with Crippen LogP contribution in [0.3, 0.4) is 0 Å². The second kappa shape index (κ2) is 6.91. The van der Waals surface area contributed by atoms with E-state index >= 15 is 0 Å². The molecule has 1 heterocycles. The zero-order chi connectivity index (χ0) is 12.8. The molecule has 0 aliphatic carbocycles. The molecule has 0 fully saturated rings. The molecule has 1 aliphatic heterocycles. The van der Waals surface area contributed by atoms with Crippen molar-refractivity contribution in [3.05, 3.63) is 35.4 Å². The van der Waals surface area contributed by atoms with Crippen LogP contribution in [0, 0.1) is 0 Å². The maximum Gasteiger partial charge on any atom is 0.0431 e. The fraction of sp³-hybridized carbons (Fsp3) is 0.625. The molecular formula is C16H25NO. The number of aliphatic hydroxyl groups excluding tert-OH is 1. The fourth-order valence-corrected chi connectivity index (χ4v) is 3.05. The Balaban J connectivity index is 1.97. The normalized spacial score (nSPS) is 19.8. The van der Waals surface area contributed by atoms with Gasteiger partial charge in [-0.1, -0.05) is 31.2 Å². The number of hydrogen-bond acceptors (Lipinski definition) is 2. The van der Waals surface area contributed by atoms with Crippen LogP contribution < -0.4 is 0 Å². The van der Waals surface area contributed by atoms with E-state index in [1.807, 2.05) is 0 Å². The standard InChI is InChI=1S/C16H25NO/c1-2-16-15-9-5-4-8-14(15)10-12-17(16)11-6-3-7-13-18/h4-5,8-9,16,18H,2-3,6-7,10-13H2,1H3. The van der Waals surface area contributed by atoms with Gasteiger partial charge in [0.05, 0.1) is 0 Å². The summed E-state index contributed by atoms with van der Waals surface area (Å²) in [5, 5.41) is 8.82. The second-order valence-corrected chi connectivity index (χ2v) is 5.19. The van der Waals surface area contributed by atoms with Gasteiger partial charge in [0.25, 0.3) is 0 Å². The van der Waals surface area contributed by atoms with Gasteiger partial charge in [0.2, 0.25) is 0 Å². The molecular weight excluding hydrogens is 222 g/mol. The number of aliphatic hydroxyl groups is 1. The Kier molecular flexibility index (Phi) is 5.21. The Morgan fingerprint density at radius 1 is 1.22 bits per heavy atom. The minimum Gasteiger partial charge on any atom is -0.396 e. The van der Waals surface area contributed by atoms with Gasteiger partial charge in [0, 0.05) is 19.2 Å². The van der Waals surface area contributed by atoms with Gasteiger partial charge in [-0.3, -0.25) is 4.90 Å². The maximum absolute atomic E-state index is 8.82. The van der Waals surface area contributed by atoms with Crippen LogP contribution in [-0.4, -0.2) is 29.7 Å². The molecule has 2 rings (SSSR count). The lowest BCUT2D eigenvalue weighted by Crippen LogP contribution is -2.35. The summed E-state index contributed by atoms with van der Waals surface area (Å²) >= 11 is 0. The molecule has 0 bridgehead atoms. The van der Waals surface area contributed by atoms with Crippen molar-refractivity contribution < 1.29 is 5.11 Å². The number of benzene rings is 1. The molecule has 1 aliphatic rings. The quantitative estimate of drug-likeness (QED) is 0.781. The Hall–Kier alpha value is -0.860. The number of unbranched alkanes of at least 4 members (excludes halogenated alkanes) is 2. The Bertz CT molecular complexity index is 364. The van der Waals surface area contributed by atoms with Gasteiger partial charge in [0.15, 0.2) is 0 Å². The average Bonchev–Trinajstić information content (AvgIpc) is 2.43. The van der Waals surface area contributed by atoms with Gasteiger partial charge in [-0.05, 0) is 49.8 Å². The van der Waals surface area contributed by atoms with Gasteiger partial charge in [-0.25, -0.2) is 0 Å². The first-order valence-corrected chi connectivity index (χ1v) is 7.29. The zero-order valence-electron chi connectivity index (χ0n) is 11.4. The lowest BCUT2D eigenvalue weighted by atomic mass is 9.91.